The maximum Gasteiger partial charge on any atom is 0.416 e. The van der Waals surface area contributed by atoms with E-state index in [0.717, 1.165) is 12.1 Å². The number of benzene rings is 1. The molecular weight excluding hydrogens is 245 g/mol. The highest BCUT2D eigenvalue weighted by Gasteiger charge is 2.34. The average molecular weight is 254 g/mol. The molecule has 0 spiro atoms. The van der Waals surface area contributed by atoms with Crippen LogP contribution in [0.2, 0.25) is 0 Å². The Morgan fingerprint density at radius 1 is 1.22 bits per heavy atom. The van der Waals surface area contributed by atoms with Gasteiger partial charge in [-0.05, 0) is 24.3 Å². The van der Waals surface area contributed by atoms with Crippen molar-refractivity contribution in [1.82, 2.24) is 5.01 Å². The number of fused-ring (bicyclic) bond motifs is 3. The molecule has 3 nitrogen and oxygen atoms in total. The zero-order chi connectivity index (χ0) is 12.9. The van der Waals surface area contributed by atoms with E-state index in [1.807, 2.05) is 0 Å². The molecule has 2 aliphatic rings. The van der Waals surface area contributed by atoms with E-state index < -0.39 is 11.7 Å². The van der Waals surface area contributed by atoms with Crippen LogP contribution in [-0.4, -0.2) is 17.5 Å². The number of hydrogen-bond acceptors (Lipinski definition) is 2. The second kappa shape index (κ2) is 3.51. The largest absolute Gasteiger partial charge is 0.416 e. The SMILES string of the molecule is O=C1CCN2c3ccc(C(F)(F)F)cc3C=CN12. The van der Waals surface area contributed by atoms with Gasteiger partial charge in [0.1, 0.15) is 0 Å². The third-order valence-electron chi connectivity index (χ3n) is 3.08. The standard InChI is InChI=1S/C12H9F3N2O/c13-12(14,15)9-1-2-10-8(7-9)3-5-17-11(18)4-6-16(10)17/h1-3,5,7H,4,6H2. The fraction of sp³-hybridized carbons (Fsp3) is 0.250. The summed E-state index contributed by atoms with van der Waals surface area (Å²) in [5.74, 6) is -0.0446. The maximum absolute atomic E-state index is 12.6. The first kappa shape index (κ1) is 11.1. The molecule has 3 rings (SSSR count). The van der Waals surface area contributed by atoms with E-state index in [0.29, 0.717) is 24.2 Å². The lowest BCUT2D eigenvalue weighted by molar-refractivity contribution is -0.137. The summed E-state index contributed by atoms with van der Waals surface area (Å²) in [7, 11) is 0. The molecule has 1 amide bonds. The predicted molar refractivity (Wildman–Crippen MR) is 59.3 cm³/mol. The molecule has 2 heterocycles. The maximum atomic E-state index is 12.6. The van der Waals surface area contributed by atoms with Gasteiger partial charge in [-0.2, -0.15) is 13.2 Å². The number of halogens is 3. The number of nitrogens with zero attached hydrogens (tertiary/aromatic N) is 2. The van der Waals surface area contributed by atoms with Gasteiger partial charge in [0.2, 0.25) is 5.91 Å². The Morgan fingerprint density at radius 2 is 2.00 bits per heavy atom. The van der Waals surface area contributed by atoms with E-state index in [9.17, 15) is 18.0 Å². The number of hydrogen-bond donors (Lipinski definition) is 0. The number of alkyl halides is 3. The Balaban J connectivity index is 2.05. The molecule has 1 fully saturated rings. The Morgan fingerprint density at radius 3 is 2.72 bits per heavy atom. The molecule has 1 aromatic rings. The lowest BCUT2D eigenvalue weighted by Gasteiger charge is -2.31. The van der Waals surface area contributed by atoms with Crippen molar-refractivity contribution in [3.63, 3.8) is 0 Å². The van der Waals surface area contributed by atoms with Gasteiger partial charge in [-0.25, -0.2) is 5.01 Å². The highest BCUT2D eigenvalue weighted by Crippen LogP contribution is 2.36. The number of rotatable bonds is 0. The molecule has 0 atom stereocenters. The molecule has 2 aliphatic heterocycles. The topological polar surface area (TPSA) is 23.6 Å². The van der Waals surface area contributed by atoms with Gasteiger partial charge >= 0.3 is 6.18 Å². The summed E-state index contributed by atoms with van der Waals surface area (Å²) in [5, 5.41) is 3.13. The van der Waals surface area contributed by atoms with Gasteiger partial charge in [-0.3, -0.25) is 9.80 Å². The van der Waals surface area contributed by atoms with Gasteiger partial charge in [0, 0.05) is 24.7 Å². The van der Waals surface area contributed by atoms with Crippen LogP contribution in [0.25, 0.3) is 6.08 Å². The van der Waals surface area contributed by atoms with Crippen LogP contribution < -0.4 is 5.01 Å². The normalized spacial score (nSPS) is 18.1. The zero-order valence-electron chi connectivity index (χ0n) is 9.24. The van der Waals surface area contributed by atoms with Crippen molar-refractivity contribution in [3.05, 3.63) is 35.5 Å². The smallest absolute Gasteiger partial charge is 0.278 e. The lowest BCUT2D eigenvalue weighted by Crippen LogP contribution is -2.36. The van der Waals surface area contributed by atoms with E-state index in [4.69, 9.17) is 0 Å². The highest BCUT2D eigenvalue weighted by atomic mass is 19.4. The van der Waals surface area contributed by atoms with Crippen LogP contribution >= 0.6 is 0 Å². The predicted octanol–water partition coefficient (Wildman–Crippen LogP) is 2.64. The van der Waals surface area contributed by atoms with Gasteiger partial charge in [0.15, 0.2) is 0 Å². The molecular formula is C12H9F3N2O. The Kier molecular flexibility index (Phi) is 2.17. The number of anilines is 1. The van der Waals surface area contributed by atoms with Gasteiger partial charge in [-0.1, -0.05) is 0 Å². The molecule has 0 unspecified atom stereocenters. The van der Waals surface area contributed by atoms with Crippen molar-refractivity contribution < 1.29 is 18.0 Å². The Bertz CT molecular complexity index is 551. The summed E-state index contributed by atoms with van der Waals surface area (Å²) in [4.78, 5) is 11.5. The number of amides is 1. The van der Waals surface area contributed by atoms with Crippen LogP contribution in [0.1, 0.15) is 17.5 Å². The molecule has 1 saturated heterocycles. The lowest BCUT2D eigenvalue weighted by atomic mass is 10.1. The molecule has 0 aliphatic carbocycles. The minimum Gasteiger partial charge on any atom is -0.278 e. The summed E-state index contributed by atoms with van der Waals surface area (Å²) in [5.41, 5.74) is 0.442. The number of carbonyl (C=O) groups excluding carboxylic acids is 1. The van der Waals surface area contributed by atoms with Crippen molar-refractivity contribution in [2.24, 2.45) is 0 Å². The number of carbonyl (C=O) groups is 1. The third kappa shape index (κ3) is 1.56. The zero-order valence-corrected chi connectivity index (χ0v) is 9.24. The van der Waals surface area contributed by atoms with Crippen LogP contribution in [0.4, 0.5) is 18.9 Å². The Labute approximate surface area is 101 Å². The van der Waals surface area contributed by atoms with Crippen molar-refractivity contribution in [2.75, 3.05) is 11.6 Å². The molecule has 1 aromatic carbocycles. The van der Waals surface area contributed by atoms with E-state index in [-0.39, 0.29) is 5.91 Å². The minimum atomic E-state index is -4.35. The van der Waals surface area contributed by atoms with Crippen LogP contribution in [0.5, 0.6) is 0 Å². The summed E-state index contributed by atoms with van der Waals surface area (Å²) in [6.45, 7) is 0.502. The van der Waals surface area contributed by atoms with E-state index in [1.165, 1.54) is 23.4 Å². The van der Waals surface area contributed by atoms with E-state index in [1.54, 1.807) is 5.01 Å². The van der Waals surface area contributed by atoms with E-state index >= 15 is 0 Å². The molecule has 0 bridgehead atoms. The summed E-state index contributed by atoms with van der Waals surface area (Å²) in [6, 6.07) is 3.55. The van der Waals surface area contributed by atoms with E-state index in [2.05, 4.69) is 0 Å². The number of hydrazine groups is 1. The first-order valence-electron chi connectivity index (χ1n) is 5.46. The molecule has 18 heavy (non-hydrogen) atoms. The van der Waals surface area contributed by atoms with Gasteiger partial charge in [0.25, 0.3) is 0 Å². The van der Waals surface area contributed by atoms with Crippen molar-refractivity contribution in [1.29, 1.82) is 0 Å². The summed E-state index contributed by atoms with van der Waals surface area (Å²) < 4.78 is 37.8. The van der Waals surface area contributed by atoms with Crippen LogP contribution in [0.3, 0.4) is 0 Å². The van der Waals surface area contributed by atoms with Gasteiger partial charge in [0.05, 0.1) is 11.3 Å². The summed E-state index contributed by atoms with van der Waals surface area (Å²) in [6.07, 6.45) is -0.923. The quantitative estimate of drug-likeness (QED) is 0.710. The van der Waals surface area contributed by atoms with Gasteiger partial charge in [-0.15, -0.1) is 0 Å². The highest BCUT2D eigenvalue weighted by molar-refractivity contribution is 5.87. The van der Waals surface area contributed by atoms with Crippen molar-refractivity contribution in [2.45, 2.75) is 12.6 Å². The molecule has 6 heteroatoms. The van der Waals surface area contributed by atoms with Crippen molar-refractivity contribution >= 4 is 17.7 Å². The minimum absolute atomic E-state index is 0.0446. The molecule has 94 valence electrons. The molecule has 0 saturated carbocycles. The van der Waals surface area contributed by atoms with Crippen LogP contribution in [-0.2, 0) is 11.0 Å². The first-order valence-corrected chi connectivity index (χ1v) is 5.46. The van der Waals surface area contributed by atoms with Gasteiger partial charge < -0.3 is 0 Å². The second-order valence-electron chi connectivity index (χ2n) is 4.20. The third-order valence-corrected chi connectivity index (χ3v) is 3.08. The fourth-order valence-corrected chi connectivity index (χ4v) is 2.21. The second-order valence-corrected chi connectivity index (χ2v) is 4.20. The summed E-state index contributed by atoms with van der Waals surface area (Å²) >= 11 is 0. The monoisotopic (exact) mass is 254 g/mol. The fourth-order valence-electron chi connectivity index (χ4n) is 2.21. The molecule has 0 radical (unpaired) electrons. The van der Waals surface area contributed by atoms with Crippen LogP contribution in [0, 0.1) is 0 Å². The van der Waals surface area contributed by atoms with Crippen molar-refractivity contribution in [3.8, 4) is 0 Å². The first-order chi connectivity index (χ1) is 8.47. The molecule has 0 N–H and O–H groups in total. The molecule has 0 aromatic heterocycles. The Hall–Kier alpha value is -1.98. The van der Waals surface area contributed by atoms with Crippen LogP contribution in [0.15, 0.2) is 24.4 Å². The average Bonchev–Trinajstić information content (AvgIpc) is 2.69.